The van der Waals surface area contributed by atoms with Crippen LogP contribution in [0.5, 0.6) is 0 Å². The fourth-order valence-corrected chi connectivity index (χ4v) is 2.43. The molecule has 22 heavy (non-hydrogen) atoms. The minimum absolute atomic E-state index is 0.00702. The van der Waals surface area contributed by atoms with Crippen LogP contribution in [-0.4, -0.2) is 31.3 Å². The van der Waals surface area contributed by atoms with Crippen LogP contribution in [0.15, 0.2) is 42.0 Å². The molecule has 1 aromatic rings. The lowest BCUT2D eigenvalue weighted by molar-refractivity contribution is -0.136. The van der Waals surface area contributed by atoms with Crippen molar-refractivity contribution in [3.63, 3.8) is 0 Å². The number of esters is 1. The van der Waals surface area contributed by atoms with Crippen LogP contribution in [0.25, 0.3) is 0 Å². The van der Waals surface area contributed by atoms with Crippen LogP contribution in [0, 0.1) is 5.92 Å². The molecule has 1 amide bonds. The van der Waals surface area contributed by atoms with Gasteiger partial charge >= 0.3 is 5.97 Å². The van der Waals surface area contributed by atoms with Crippen molar-refractivity contribution < 1.29 is 19.1 Å². The Kier molecular flexibility index (Phi) is 5.47. The maximum Gasteiger partial charge on any atom is 0.333 e. The second-order valence-electron chi connectivity index (χ2n) is 5.20. The molecule has 1 atom stereocenters. The van der Waals surface area contributed by atoms with Gasteiger partial charge in [-0.2, -0.15) is 0 Å². The van der Waals surface area contributed by atoms with Crippen LogP contribution in [-0.2, 0) is 14.3 Å². The van der Waals surface area contributed by atoms with Gasteiger partial charge < -0.3 is 10.1 Å². The summed E-state index contributed by atoms with van der Waals surface area (Å²) in [5.74, 6) is -0.796. The molecule has 0 saturated heterocycles. The van der Waals surface area contributed by atoms with E-state index in [0.717, 1.165) is 0 Å². The number of methoxy groups -OCH3 is 1. The molecular formula is C17H19NO4. The molecule has 1 N–H and O–H groups in total. The van der Waals surface area contributed by atoms with E-state index >= 15 is 0 Å². The molecule has 1 aliphatic carbocycles. The first kappa shape index (κ1) is 15.9. The van der Waals surface area contributed by atoms with E-state index in [1.807, 2.05) is 6.07 Å². The van der Waals surface area contributed by atoms with Gasteiger partial charge in [0.25, 0.3) is 0 Å². The summed E-state index contributed by atoms with van der Waals surface area (Å²) in [4.78, 5) is 35.4. The van der Waals surface area contributed by atoms with Gasteiger partial charge in [0.15, 0.2) is 5.78 Å². The molecule has 0 saturated carbocycles. The Bertz CT molecular complexity index is 592. The second-order valence-corrected chi connectivity index (χ2v) is 5.20. The highest BCUT2D eigenvalue weighted by atomic mass is 16.5. The highest BCUT2D eigenvalue weighted by molar-refractivity contribution is 5.99. The van der Waals surface area contributed by atoms with E-state index in [-0.39, 0.29) is 30.1 Å². The van der Waals surface area contributed by atoms with Gasteiger partial charge in [-0.15, -0.1) is 0 Å². The third-order valence-electron chi connectivity index (χ3n) is 3.75. The van der Waals surface area contributed by atoms with Crippen molar-refractivity contribution in [2.24, 2.45) is 5.92 Å². The summed E-state index contributed by atoms with van der Waals surface area (Å²) in [6, 6.07) is 8.86. The largest absolute Gasteiger partial charge is 0.466 e. The predicted octanol–water partition coefficient (Wildman–Crippen LogP) is 1.88. The number of amides is 1. The average Bonchev–Trinajstić information content (AvgIpc) is 2.59. The van der Waals surface area contributed by atoms with E-state index in [9.17, 15) is 14.4 Å². The third kappa shape index (κ3) is 4.04. The number of hydrogen-bond donors (Lipinski definition) is 1. The first-order chi connectivity index (χ1) is 10.6. The highest BCUT2D eigenvalue weighted by Crippen LogP contribution is 2.24. The summed E-state index contributed by atoms with van der Waals surface area (Å²) < 4.78 is 4.66. The number of carbonyl (C=O) groups is 3. The molecule has 0 fully saturated rings. The number of ketones is 1. The van der Waals surface area contributed by atoms with Gasteiger partial charge in [-0.05, 0) is 19.3 Å². The molecule has 2 rings (SSSR count). The number of ether oxygens (including phenoxy) is 1. The Labute approximate surface area is 129 Å². The quantitative estimate of drug-likeness (QED) is 0.666. The SMILES string of the molecule is COC(=O)C1=CCC(C(=O)NCC(=O)c2ccccc2)CC1. The van der Waals surface area contributed by atoms with Gasteiger partial charge in [0.1, 0.15) is 0 Å². The van der Waals surface area contributed by atoms with E-state index in [1.54, 1.807) is 30.3 Å². The van der Waals surface area contributed by atoms with Crippen molar-refractivity contribution in [3.05, 3.63) is 47.5 Å². The van der Waals surface area contributed by atoms with Gasteiger partial charge in [0, 0.05) is 17.1 Å². The first-order valence-electron chi connectivity index (χ1n) is 7.25. The molecule has 1 aromatic carbocycles. The van der Waals surface area contributed by atoms with Crippen molar-refractivity contribution >= 4 is 17.7 Å². The number of allylic oxidation sites excluding steroid dienone is 1. The van der Waals surface area contributed by atoms with Gasteiger partial charge in [-0.1, -0.05) is 36.4 Å². The summed E-state index contributed by atoms with van der Waals surface area (Å²) in [5, 5.41) is 2.67. The molecule has 0 bridgehead atoms. The summed E-state index contributed by atoms with van der Waals surface area (Å²) in [5.41, 5.74) is 1.20. The van der Waals surface area contributed by atoms with Crippen LogP contribution in [0.3, 0.4) is 0 Å². The first-order valence-corrected chi connectivity index (χ1v) is 7.25. The molecule has 116 valence electrons. The molecule has 5 nitrogen and oxygen atoms in total. The Hall–Kier alpha value is -2.43. The zero-order valence-electron chi connectivity index (χ0n) is 12.5. The van der Waals surface area contributed by atoms with Crippen LogP contribution < -0.4 is 5.32 Å². The zero-order valence-corrected chi connectivity index (χ0v) is 12.5. The summed E-state index contributed by atoms with van der Waals surface area (Å²) in [6.45, 7) is -0.00702. The van der Waals surface area contributed by atoms with E-state index in [0.29, 0.717) is 30.4 Å². The summed E-state index contributed by atoms with van der Waals surface area (Å²) in [7, 11) is 1.34. The molecule has 1 aliphatic rings. The third-order valence-corrected chi connectivity index (χ3v) is 3.75. The van der Waals surface area contributed by atoms with E-state index in [2.05, 4.69) is 10.1 Å². The number of Topliss-reactive ketones (excluding diaryl/α,β-unsaturated/α-hetero) is 1. The molecule has 0 radical (unpaired) electrons. The molecule has 0 heterocycles. The van der Waals surface area contributed by atoms with Crippen molar-refractivity contribution in [1.82, 2.24) is 5.32 Å². The lowest BCUT2D eigenvalue weighted by Crippen LogP contribution is -2.35. The number of benzene rings is 1. The van der Waals surface area contributed by atoms with Crippen molar-refractivity contribution in [2.45, 2.75) is 19.3 Å². The van der Waals surface area contributed by atoms with Gasteiger partial charge in [0.05, 0.1) is 13.7 Å². The lowest BCUT2D eigenvalue weighted by Gasteiger charge is -2.20. The molecule has 0 spiro atoms. The lowest BCUT2D eigenvalue weighted by atomic mass is 9.89. The maximum absolute atomic E-state index is 12.1. The smallest absolute Gasteiger partial charge is 0.333 e. The standard InChI is InChI=1S/C17H19NO4/c1-22-17(21)14-9-7-13(8-10-14)16(20)18-11-15(19)12-5-3-2-4-6-12/h2-6,9,13H,7-8,10-11H2,1H3,(H,18,20). The molecule has 0 aromatic heterocycles. The Morgan fingerprint density at radius 2 is 1.95 bits per heavy atom. The van der Waals surface area contributed by atoms with Gasteiger partial charge in [0.2, 0.25) is 5.91 Å². The van der Waals surface area contributed by atoms with E-state index in [4.69, 9.17) is 0 Å². The highest BCUT2D eigenvalue weighted by Gasteiger charge is 2.24. The van der Waals surface area contributed by atoms with Crippen LogP contribution in [0.2, 0.25) is 0 Å². The summed E-state index contributed by atoms with van der Waals surface area (Å²) in [6.07, 6.45) is 3.36. The number of rotatable bonds is 5. The fourth-order valence-electron chi connectivity index (χ4n) is 2.43. The van der Waals surface area contributed by atoms with Crippen molar-refractivity contribution in [3.8, 4) is 0 Å². The average molecular weight is 301 g/mol. The van der Waals surface area contributed by atoms with Gasteiger partial charge in [-0.3, -0.25) is 9.59 Å². The Morgan fingerprint density at radius 3 is 2.55 bits per heavy atom. The Morgan fingerprint density at radius 1 is 1.23 bits per heavy atom. The minimum atomic E-state index is -0.335. The summed E-state index contributed by atoms with van der Waals surface area (Å²) >= 11 is 0. The van der Waals surface area contributed by atoms with E-state index < -0.39 is 0 Å². The zero-order chi connectivity index (χ0) is 15.9. The van der Waals surface area contributed by atoms with Crippen LogP contribution in [0.4, 0.5) is 0 Å². The molecule has 5 heteroatoms. The van der Waals surface area contributed by atoms with Gasteiger partial charge in [-0.25, -0.2) is 4.79 Å². The predicted molar refractivity (Wildman–Crippen MR) is 81.2 cm³/mol. The topological polar surface area (TPSA) is 72.5 Å². The minimum Gasteiger partial charge on any atom is -0.466 e. The van der Waals surface area contributed by atoms with E-state index in [1.165, 1.54) is 7.11 Å². The maximum atomic E-state index is 12.1. The van der Waals surface area contributed by atoms with Crippen molar-refractivity contribution in [1.29, 1.82) is 0 Å². The molecular weight excluding hydrogens is 282 g/mol. The van der Waals surface area contributed by atoms with Crippen molar-refractivity contribution in [2.75, 3.05) is 13.7 Å². The number of nitrogens with one attached hydrogen (secondary N) is 1. The second kappa shape index (κ2) is 7.54. The Balaban J connectivity index is 1.83. The number of carbonyl (C=O) groups excluding carboxylic acids is 3. The normalized spacial score (nSPS) is 17.3. The monoisotopic (exact) mass is 301 g/mol. The number of hydrogen-bond acceptors (Lipinski definition) is 4. The van der Waals surface area contributed by atoms with Crippen LogP contribution in [0.1, 0.15) is 29.6 Å². The molecule has 0 aliphatic heterocycles. The fraction of sp³-hybridized carbons (Fsp3) is 0.353. The van der Waals surface area contributed by atoms with Crippen LogP contribution >= 0.6 is 0 Å². The molecule has 1 unspecified atom stereocenters.